The monoisotopic (exact) mass is 416 g/mol. The molecule has 6 nitrogen and oxygen atoms in total. The second-order valence-electron chi connectivity index (χ2n) is 6.10. The molecule has 0 saturated heterocycles. The average Bonchev–Trinajstić information content (AvgIpc) is 2.73. The predicted octanol–water partition coefficient (Wildman–Crippen LogP) is 2.64. The van der Waals surface area contributed by atoms with Crippen molar-refractivity contribution in [1.82, 2.24) is 9.44 Å². The highest BCUT2D eigenvalue weighted by molar-refractivity contribution is 7.90. The van der Waals surface area contributed by atoms with Crippen molar-refractivity contribution in [1.29, 1.82) is 0 Å². The van der Waals surface area contributed by atoms with Crippen LogP contribution < -0.4 is 9.44 Å². The Labute approximate surface area is 165 Å². The number of hydrogen-bond acceptors (Lipinski definition) is 4. The molecule has 3 aromatic carbocycles. The van der Waals surface area contributed by atoms with Gasteiger partial charge >= 0.3 is 0 Å². The van der Waals surface area contributed by atoms with Gasteiger partial charge in [0.15, 0.2) is 0 Å². The van der Waals surface area contributed by atoms with Crippen LogP contribution in [0.5, 0.6) is 0 Å². The fourth-order valence-corrected chi connectivity index (χ4v) is 4.72. The molecule has 0 bridgehead atoms. The van der Waals surface area contributed by atoms with Crippen LogP contribution in [0.25, 0.3) is 0 Å². The topological polar surface area (TPSA) is 92.3 Å². The van der Waals surface area contributed by atoms with Gasteiger partial charge in [-0.1, -0.05) is 66.7 Å². The highest BCUT2D eigenvalue weighted by atomic mass is 32.2. The van der Waals surface area contributed by atoms with Gasteiger partial charge in [-0.3, -0.25) is 0 Å². The molecule has 2 N–H and O–H groups in total. The molecule has 0 aliphatic rings. The quantitative estimate of drug-likeness (QED) is 0.590. The number of benzene rings is 3. The second-order valence-corrected chi connectivity index (χ2v) is 9.63. The van der Waals surface area contributed by atoms with Crippen LogP contribution in [0.4, 0.5) is 0 Å². The van der Waals surface area contributed by atoms with Crippen LogP contribution in [0.3, 0.4) is 0 Å². The SMILES string of the molecule is O=S(=O)(NCc1ccccc1)c1cccc(S(=O)(=O)NCc2ccccc2)c1. The van der Waals surface area contributed by atoms with Crippen molar-refractivity contribution >= 4 is 20.0 Å². The molecule has 0 spiro atoms. The summed E-state index contributed by atoms with van der Waals surface area (Å²) in [4.78, 5) is -0.211. The lowest BCUT2D eigenvalue weighted by Crippen LogP contribution is -2.25. The van der Waals surface area contributed by atoms with Crippen molar-refractivity contribution in [3.05, 3.63) is 96.1 Å². The number of sulfonamides is 2. The molecule has 146 valence electrons. The molecule has 0 atom stereocenters. The molecule has 0 fully saturated rings. The fourth-order valence-electron chi connectivity index (χ4n) is 2.52. The molecule has 28 heavy (non-hydrogen) atoms. The molecule has 0 aliphatic heterocycles. The zero-order chi connectivity index (χ0) is 20.0. The Morgan fingerprint density at radius 1 is 0.536 bits per heavy atom. The Morgan fingerprint density at radius 2 is 0.929 bits per heavy atom. The van der Waals surface area contributed by atoms with E-state index in [-0.39, 0.29) is 22.9 Å². The molecule has 0 aliphatic carbocycles. The van der Waals surface area contributed by atoms with Crippen LogP contribution in [0.1, 0.15) is 11.1 Å². The van der Waals surface area contributed by atoms with E-state index in [4.69, 9.17) is 0 Å². The molecular weight excluding hydrogens is 396 g/mol. The molecule has 0 amide bonds. The van der Waals surface area contributed by atoms with Crippen molar-refractivity contribution in [2.45, 2.75) is 22.9 Å². The van der Waals surface area contributed by atoms with Gasteiger partial charge in [0, 0.05) is 13.1 Å². The number of nitrogens with one attached hydrogen (secondary N) is 2. The number of rotatable bonds is 8. The number of hydrogen-bond donors (Lipinski definition) is 2. The minimum absolute atomic E-state index is 0.106. The van der Waals surface area contributed by atoms with Gasteiger partial charge in [0.2, 0.25) is 20.0 Å². The van der Waals surface area contributed by atoms with E-state index in [0.717, 1.165) is 17.2 Å². The third kappa shape index (κ3) is 5.26. The maximum Gasteiger partial charge on any atom is 0.240 e. The highest BCUT2D eigenvalue weighted by Gasteiger charge is 2.19. The summed E-state index contributed by atoms with van der Waals surface area (Å²) in [6.07, 6.45) is 0. The average molecular weight is 417 g/mol. The summed E-state index contributed by atoms with van der Waals surface area (Å²) >= 11 is 0. The van der Waals surface area contributed by atoms with Crippen molar-refractivity contribution in [2.24, 2.45) is 0 Å². The molecule has 3 aromatic rings. The van der Waals surface area contributed by atoms with Gasteiger partial charge in [-0.25, -0.2) is 26.3 Å². The van der Waals surface area contributed by atoms with Gasteiger partial charge in [-0.2, -0.15) is 0 Å². The third-order valence-corrected chi connectivity index (χ3v) is 6.84. The van der Waals surface area contributed by atoms with Crippen LogP contribution in [-0.4, -0.2) is 16.8 Å². The van der Waals surface area contributed by atoms with Crippen molar-refractivity contribution in [2.75, 3.05) is 0 Å². The highest BCUT2D eigenvalue weighted by Crippen LogP contribution is 2.16. The van der Waals surface area contributed by atoms with Crippen LogP contribution in [0.2, 0.25) is 0 Å². The lowest BCUT2D eigenvalue weighted by molar-refractivity contribution is 0.579. The maximum absolute atomic E-state index is 12.5. The van der Waals surface area contributed by atoms with E-state index in [2.05, 4.69) is 9.44 Å². The van der Waals surface area contributed by atoms with E-state index < -0.39 is 20.0 Å². The van der Waals surface area contributed by atoms with E-state index in [1.54, 1.807) is 24.3 Å². The zero-order valence-electron chi connectivity index (χ0n) is 14.9. The molecular formula is C20H20N2O4S2. The third-order valence-electron chi connectivity index (χ3n) is 4.04. The van der Waals surface area contributed by atoms with E-state index in [1.807, 2.05) is 36.4 Å². The normalized spacial score (nSPS) is 12.0. The molecule has 0 aromatic heterocycles. The van der Waals surface area contributed by atoms with E-state index in [0.29, 0.717) is 0 Å². The minimum atomic E-state index is -3.85. The smallest absolute Gasteiger partial charge is 0.207 e. The zero-order valence-corrected chi connectivity index (χ0v) is 16.6. The first-order valence-electron chi connectivity index (χ1n) is 8.54. The molecule has 3 rings (SSSR count). The maximum atomic E-state index is 12.5. The Bertz CT molecular complexity index is 1040. The summed E-state index contributed by atoms with van der Waals surface area (Å²) in [6, 6.07) is 23.4. The fraction of sp³-hybridized carbons (Fsp3) is 0.100. The summed E-state index contributed by atoms with van der Waals surface area (Å²) in [5, 5.41) is 0. The van der Waals surface area contributed by atoms with Crippen molar-refractivity contribution in [3.8, 4) is 0 Å². The summed E-state index contributed by atoms with van der Waals surface area (Å²) in [6.45, 7) is 0.235. The Kier molecular flexibility index (Phi) is 6.25. The lowest BCUT2D eigenvalue weighted by Gasteiger charge is -2.10. The van der Waals surface area contributed by atoms with Crippen LogP contribution in [0.15, 0.2) is 94.7 Å². The predicted molar refractivity (Wildman–Crippen MR) is 107 cm³/mol. The first-order valence-corrected chi connectivity index (χ1v) is 11.5. The Hall–Kier alpha value is -2.52. The van der Waals surface area contributed by atoms with Gasteiger partial charge in [0.05, 0.1) is 9.79 Å². The largest absolute Gasteiger partial charge is 0.240 e. The van der Waals surface area contributed by atoms with Crippen molar-refractivity contribution < 1.29 is 16.8 Å². The summed E-state index contributed by atoms with van der Waals surface area (Å²) in [7, 11) is -7.70. The lowest BCUT2D eigenvalue weighted by atomic mass is 10.2. The standard InChI is InChI=1S/C20H20N2O4S2/c23-27(24,21-15-17-8-3-1-4-9-17)19-12-7-13-20(14-19)28(25,26)22-16-18-10-5-2-6-11-18/h1-14,21-22H,15-16H2. The van der Waals surface area contributed by atoms with Gasteiger partial charge in [-0.05, 0) is 29.3 Å². The van der Waals surface area contributed by atoms with E-state index >= 15 is 0 Å². The van der Waals surface area contributed by atoms with E-state index in [1.165, 1.54) is 18.2 Å². The molecule has 0 radical (unpaired) electrons. The van der Waals surface area contributed by atoms with Crippen LogP contribution in [0, 0.1) is 0 Å². The molecule has 8 heteroatoms. The van der Waals surface area contributed by atoms with Gasteiger partial charge in [0.25, 0.3) is 0 Å². The summed E-state index contributed by atoms with van der Waals surface area (Å²) in [5.41, 5.74) is 1.61. The van der Waals surface area contributed by atoms with Crippen LogP contribution >= 0.6 is 0 Å². The summed E-state index contributed by atoms with van der Waals surface area (Å²) in [5.74, 6) is 0. The first kappa shape index (κ1) is 20.2. The first-order chi connectivity index (χ1) is 13.4. The Morgan fingerprint density at radius 3 is 1.32 bits per heavy atom. The van der Waals surface area contributed by atoms with Crippen LogP contribution in [-0.2, 0) is 33.1 Å². The molecule has 0 unspecified atom stereocenters. The Balaban J connectivity index is 1.75. The van der Waals surface area contributed by atoms with E-state index in [9.17, 15) is 16.8 Å². The summed E-state index contributed by atoms with van der Waals surface area (Å²) < 4.78 is 55.1. The van der Waals surface area contributed by atoms with Gasteiger partial charge in [-0.15, -0.1) is 0 Å². The molecule has 0 heterocycles. The molecule has 0 saturated carbocycles. The second kappa shape index (κ2) is 8.66. The van der Waals surface area contributed by atoms with Gasteiger partial charge in [0.1, 0.15) is 0 Å². The minimum Gasteiger partial charge on any atom is -0.207 e. The van der Waals surface area contributed by atoms with Gasteiger partial charge < -0.3 is 0 Å². The van der Waals surface area contributed by atoms with Crippen molar-refractivity contribution in [3.63, 3.8) is 0 Å².